The van der Waals surface area contributed by atoms with E-state index in [1.807, 2.05) is 20.8 Å². The summed E-state index contributed by atoms with van der Waals surface area (Å²) in [5.41, 5.74) is -0.289. The number of nitrogens with zero attached hydrogens (tertiary/aromatic N) is 1. The second-order valence-electron chi connectivity index (χ2n) is 4.18. The lowest BCUT2D eigenvalue weighted by molar-refractivity contribution is -0.148. The van der Waals surface area contributed by atoms with Gasteiger partial charge >= 0.3 is 11.9 Å². The van der Waals surface area contributed by atoms with Crippen LogP contribution in [0.15, 0.2) is 0 Å². The lowest BCUT2D eigenvalue weighted by Crippen LogP contribution is -2.47. The van der Waals surface area contributed by atoms with Gasteiger partial charge in [0.15, 0.2) is 0 Å². The maximum Gasteiger partial charge on any atom is 0.319 e. The van der Waals surface area contributed by atoms with Gasteiger partial charge in [-0.15, -0.1) is 0 Å². The van der Waals surface area contributed by atoms with Gasteiger partial charge in [-0.1, -0.05) is 0 Å². The predicted molar refractivity (Wildman–Crippen MR) is 55.4 cm³/mol. The topological polar surface area (TPSA) is 55.8 Å². The van der Waals surface area contributed by atoms with Crippen molar-refractivity contribution in [1.29, 1.82) is 0 Å². The summed E-state index contributed by atoms with van der Waals surface area (Å²) in [6.07, 6.45) is 0. The van der Waals surface area contributed by atoms with Crippen LogP contribution in [0.4, 0.5) is 0 Å². The molecule has 0 aromatic carbocycles. The summed E-state index contributed by atoms with van der Waals surface area (Å²) in [4.78, 5) is 23.9. The van der Waals surface area contributed by atoms with E-state index in [1.165, 1.54) is 14.2 Å². The maximum absolute atomic E-state index is 11.1. The van der Waals surface area contributed by atoms with Crippen LogP contribution in [0.1, 0.15) is 20.8 Å². The van der Waals surface area contributed by atoms with Gasteiger partial charge in [-0.3, -0.25) is 14.5 Å². The Morgan fingerprint density at radius 3 is 1.53 bits per heavy atom. The summed E-state index contributed by atoms with van der Waals surface area (Å²) in [7, 11) is 2.64. The first-order valence-electron chi connectivity index (χ1n) is 4.70. The van der Waals surface area contributed by atoms with Gasteiger partial charge in [0.2, 0.25) is 0 Å². The van der Waals surface area contributed by atoms with Crippen LogP contribution in [0.2, 0.25) is 0 Å². The zero-order chi connectivity index (χ0) is 12.1. The van der Waals surface area contributed by atoms with Crippen molar-refractivity contribution in [1.82, 2.24) is 4.90 Å². The van der Waals surface area contributed by atoms with E-state index in [9.17, 15) is 9.59 Å². The third-order valence-corrected chi connectivity index (χ3v) is 2.04. The Morgan fingerprint density at radius 1 is 1.00 bits per heavy atom. The van der Waals surface area contributed by atoms with E-state index in [-0.39, 0.29) is 30.6 Å². The molecule has 5 nitrogen and oxygen atoms in total. The van der Waals surface area contributed by atoms with Crippen LogP contribution in [0.25, 0.3) is 0 Å². The van der Waals surface area contributed by atoms with Gasteiger partial charge in [0.1, 0.15) is 0 Å². The second-order valence-corrected chi connectivity index (χ2v) is 4.18. The van der Waals surface area contributed by atoms with Crippen molar-refractivity contribution >= 4 is 11.9 Å². The molecule has 0 saturated carbocycles. The van der Waals surface area contributed by atoms with Crippen LogP contribution in [-0.2, 0) is 19.1 Å². The predicted octanol–water partition coefficient (Wildman–Crippen LogP) is 0.433. The molecule has 5 heteroatoms. The van der Waals surface area contributed by atoms with Crippen molar-refractivity contribution in [2.75, 3.05) is 27.3 Å². The molecule has 0 aliphatic carbocycles. The minimum absolute atomic E-state index is 0.0785. The number of methoxy groups -OCH3 is 2. The van der Waals surface area contributed by atoms with Gasteiger partial charge in [-0.05, 0) is 20.8 Å². The van der Waals surface area contributed by atoms with Crippen LogP contribution in [0.5, 0.6) is 0 Å². The average Bonchev–Trinajstić information content (AvgIpc) is 2.14. The van der Waals surface area contributed by atoms with E-state index >= 15 is 0 Å². The average molecular weight is 217 g/mol. The summed E-state index contributed by atoms with van der Waals surface area (Å²) in [5, 5.41) is 0. The molecular weight excluding hydrogens is 198 g/mol. The molecule has 0 rings (SSSR count). The zero-order valence-electron chi connectivity index (χ0n) is 9.99. The van der Waals surface area contributed by atoms with Crippen molar-refractivity contribution in [2.24, 2.45) is 0 Å². The Labute approximate surface area is 90.3 Å². The highest BCUT2D eigenvalue weighted by Gasteiger charge is 2.26. The molecule has 0 aromatic rings. The molecule has 0 fully saturated rings. The van der Waals surface area contributed by atoms with Crippen molar-refractivity contribution in [2.45, 2.75) is 26.3 Å². The van der Waals surface area contributed by atoms with Crippen LogP contribution < -0.4 is 0 Å². The van der Waals surface area contributed by atoms with Crippen molar-refractivity contribution in [3.05, 3.63) is 0 Å². The Morgan fingerprint density at radius 2 is 1.33 bits per heavy atom. The third-order valence-electron chi connectivity index (χ3n) is 2.04. The number of carbonyl (C=O) groups is 2. The zero-order valence-corrected chi connectivity index (χ0v) is 9.99. The molecule has 0 saturated heterocycles. The SMILES string of the molecule is COC(=O)CN(CC(=O)OC)C(C)(C)C. The van der Waals surface area contributed by atoms with E-state index in [4.69, 9.17) is 0 Å². The van der Waals surface area contributed by atoms with E-state index in [0.717, 1.165) is 0 Å². The Balaban J connectivity index is 4.46. The molecule has 0 amide bonds. The first-order chi connectivity index (χ1) is 6.81. The van der Waals surface area contributed by atoms with Gasteiger partial charge in [-0.25, -0.2) is 0 Å². The summed E-state index contributed by atoms with van der Waals surface area (Å²) < 4.78 is 9.12. The molecule has 0 bridgehead atoms. The number of esters is 2. The Bertz CT molecular complexity index is 214. The molecule has 0 heterocycles. The monoisotopic (exact) mass is 217 g/mol. The van der Waals surface area contributed by atoms with Gasteiger partial charge in [-0.2, -0.15) is 0 Å². The molecule has 0 aromatic heterocycles. The Kier molecular flexibility index (Phi) is 5.28. The highest BCUT2D eigenvalue weighted by Crippen LogP contribution is 2.12. The molecule has 0 N–H and O–H groups in total. The van der Waals surface area contributed by atoms with Crippen LogP contribution in [-0.4, -0.2) is 49.7 Å². The molecule has 15 heavy (non-hydrogen) atoms. The summed E-state index contributed by atoms with van der Waals surface area (Å²) >= 11 is 0. The molecule has 0 radical (unpaired) electrons. The smallest absolute Gasteiger partial charge is 0.319 e. The number of rotatable bonds is 4. The van der Waals surface area contributed by atoms with Crippen LogP contribution in [0.3, 0.4) is 0 Å². The van der Waals surface area contributed by atoms with Gasteiger partial charge in [0, 0.05) is 5.54 Å². The minimum atomic E-state index is -0.367. The van der Waals surface area contributed by atoms with Gasteiger partial charge < -0.3 is 9.47 Å². The van der Waals surface area contributed by atoms with E-state index < -0.39 is 0 Å². The maximum atomic E-state index is 11.1. The number of hydrogen-bond acceptors (Lipinski definition) is 5. The number of ether oxygens (including phenoxy) is 2. The van der Waals surface area contributed by atoms with Crippen LogP contribution in [0, 0.1) is 0 Å². The Hall–Kier alpha value is -1.10. The summed E-state index contributed by atoms with van der Waals surface area (Å²) in [6.45, 7) is 5.90. The highest BCUT2D eigenvalue weighted by atomic mass is 16.5. The van der Waals surface area contributed by atoms with Gasteiger partial charge in [0.25, 0.3) is 0 Å². The lowest BCUT2D eigenvalue weighted by atomic mass is 10.1. The van der Waals surface area contributed by atoms with E-state index in [1.54, 1.807) is 4.90 Å². The normalized spacial score (nSPS) is 11.3. The fourth-order valence-electron chi connectivity index (χ4n) is 0.971. The van der Waals surface area contributed by atoms with E-state index in [0.29, 0.717) is 0 Å². The molecule has 88 valence electrons. The van der Waals surface area contributed by atoms with Gasteiger partial charge in [0.05, 0.1) is 27.3 Å². The summed E-state index contributed by atoms with van der Waals surface area (Å²) in [6, 6.07) is 0. The largest absolute Gasteiger partial charge is 0.468 e. The lowest BCUT2D eigenvalue weighted by Gasteiger charge is -2.33. The summed E-state index contributed by atoms with van der Waals surface area (Å²) in [5.74, 6) is -0.734. The number of hydrogen-bond donors (Lipinski definition) is 0. The molecule has 0 spiro atoms. The first kappa shape index (κ1) is 13.9. The number of carbonyl (C=O) groups excluding carboxylic acids is 2. The molecule has 0 atom stereocenters. The van der Waals surface area contributed by atoms with Crippen molar-refractivity contribution < 1.29 is 19.1 Å². The first-order valence-corrected chi connectivity index (χ1v) is 4.70. The third kappa shape index (κ3) is 5.37. The standard InChI is InChI=1S/C10H19NO4/c1-10(2,3)11(6-8(12)14-4)7-9(13)15-5/h6-7H2,1-5H3. The minimum Gasteiger partial charge on any atom is -0.468 e. The highest BCUT2D eigenvalue weighted by molar-refractivity contribution is 5.75. The van der Waals surface area contributed by atoms with Crippen molar-refractivity contribution in [3.8, 4) is 0 Å². The molecule has 0 aliphatic rings. The van der Waals surface area contributed by atoms with Crippen molar-refractivity contribution in [3.63, 3.8) is 0 Å². The quantitative estimate of drug-likeness (QED) is 0.639. The van der Waals surface area contributed by atoms with Crippen LogP contribution >= 0.6 is 0 Å². The molecule has 0 unspecified atom stereocenters. The molecule has 0 aliphatic heterocycles. The second kappa shape index (κ2) is 5.70. The molecular formula is C10H19NO4. The van der Waals surface area contributed by atoms with E-state index in [2.05, 4.69) is 9.47 Å². The fourth-order valence-corrected chi connectivity index (χ4v) is 0.971. The fraction of sp³-hybridized carbons (Fsp3) is 0.800.